The van der Waals surface area contributed by atoms with Gasteiger partial charge in [-0.2, -0.15) is 0 Å². The number of hydrogen-bond donors (Lipinski definition) is 2. The summed E-state index contributed by atoms with van der Waals surface area (Å²) in [5.41, 5.74) is 7.26. The predicted octanol–water partition coefficient (Wildman–Crippen LogP) is 2.65. The van der Waals surface area contributed by atoms with E-state index < -0.39 is 15.8 Å². The molecule has 0 unspecified atom stereocenters. The fraction of sp³-hybridized carbons (Fsp3) is 0.200. The molecule has 0 bridgehead atoms. The lowest BCUT2D eigenvalue weighted by Crippen LogP contribution is -2.16. The van der Waals surface area contributed by atoms with Crippen molar-refractivity contribution in [2.45, 2.75) is 24.8 Å². The van der Waals surface area contributed by atoms with E-state index in [9.17, 15) is 12.8 Å². The zero-order valence-electron chi connectivity index (χ0n) is 11.6. The van der Waals surface area contributed by atoms with Crippen LogP contribution in [0.15, 0.2) is 47.4 Å². The highest BCUT2D eigenvalue weighted by Gasteiger charge is 2.20. The molecule has 0 saturated heterocycles. The van der Waals surface area contributed by atoms with Crippen molar-refractivity contribution in [1.82, 2.24) is 0 Å². The molecule has 3 N–H and O–H groups in total. The molecule has 0 atom stereocenters. The Morgan fingerprint density at radius 1 is 1.19 bits per heavy atom. The van der Waals surface area contributed by atoms with Crippen LogP contribution in [0.3, 0.4) is 0 Å². The van der Waals surface area contributed by atoms with Crippen LogP contribution in [0, 0.1) is 5.82 Å². The largest absolute Gasteiger partial charge is 0.326 e. The molecule has 2 rings (SSSR count). The number of aryl methyl sites for hydroxylation is 1. The van der Waals surface area contributed by atoms with Gasteiger partial charge in [0.15, 0.2) is 0 Å². The molecular formula is C15H17FN2O2S. The summed E-state index contributed by atoms with van der Waals surface area (Å²) in [6, 6.07) is 10.9. The number of rotatable bonds is 5. The van der Waals surface area contributed by atoms with E-state index in [0.29, 0.717) is 17.7 Å². The summed E-state index contributed by atoms with van der Waals surface area (Å²) in [7, 11) is -3.97. The number of halogens is 1. The summed E-state index contributed by atoms with van der Waals surface area (Å²) in [5, 5.41) is 0. The first kappa shape index (κ1) is 15.5. The van der Waals surface area contributed by atoms with Crippen molar-refractivity contribution in [2.24, 2.45) is 5.73 Å². The molecule has 2 aromatic carbocycles. The monoisotopic (exact) mass is 308 g/mol. The Bertz CT molecular complexity index is 745. The molecule has 112 valence electrons. The Morgan fingerprint density at radius 3 is 2.52 bits per heavy atom. The van der Waals surface area contributed by atoms with Gasteiger partial charge < -0.3 is 5.73 Å². The molecule has 0 fully saturated rings. The molecule has 6 heteroatoms. The molecule has 0 radical (unpaired) electrons. The van der Waals surface area contributed by atoms with Gasteiger partial charge in [-0.1, -0.05) is 31.2 Å². The number of hydrogen-bond acceptors (Lipinski definition) is 3. The zero-order valence-corrected chi connectivity index (χ0v) is 12.5. The summed E-state index contributed by atoms with van der Waals surface area (Å²) in [4.78, 5) is -0.384. The van der Waals surface area contributed by atoms with E-state index in [4.69, 9.17) is 5.73 Å². The van der Waals surface area contributed by atoms with Gasteiger partial charge >= 0.3 is 0 Å². The van der Waals surface area contributed by atoms with Gasteiger partial charge in [-0.15, -0.1) is 0 Å². The minimum absolute atomic E-state index is 0.156. The molecule has 0 aliphatic rings. The van der Waals surface area contributed by atoms with Crippen LogP contribution in [0.25, 0.3) is 0 Å². The molecule has 4 nitrogen and oxygen atoms in total. The van der Waals surface area contributed by atoms with Crippen molar-refractivity contribution in [3.8, 4) is 0 Å². The highest BCUT2D eigenvalue weighted by Crippen LogP contribution is 2.22. The van der Waals surface area contributed by atoms with E-state index >= 15 is 0 Å². The van der Waals surface area contributed by atoms with Crippen molar-refractivity contribution in [1.29, 1.82) is 0 Å². The first-order chi connectivity index (χ1) is 9.97. The number of nitrogens with one attached hydrogen (secondary N) is 1. The minimum Gasteiger partial charge on any atom is -0.326 e. The van der Waals surface area contributed by atoms with Crippen molar-refractivity contribution in [3.63, 3.8) is 0 Å². The summed E-state index contributed by atoms with van der Waals surface area (Å²) < 4.78 is 41.0. The SMILES string of the molecule is CCc1ccccc1NS(=O)(=O)c1ccc(CN)cc1F. The van der Waals surface area contributed by atoms with Gasteiger partial charge in [0.2, 0.25) is 0 Å². The highest BCUT2D eigenvalue weighted by molar-refractivity contribution is 7.92. The van der Waals surface area contributed by atoms with Crippen LogP contribution in [0.5, 0.6) is 0 Å². The first-order valence-corrected chi connectivity index (χ1v) is 8.05. The average molecular weight is 308 g/mol. The first-order valence-electron chi connectivity index (χ1n) is 6.57. The lowest BCUT2D eigenvalue weighted by molar-refractivity contribution is 0.569. The Morgan fingerprint density at radius 2 is 1.90 bits per heavy atom. The number of anilines is 1. The van der Waals surface area contributed by atoms with Gasteiger partial charge in [0, 0.05) is 6.54 Å². The maximum Gasteiger partial charge on any atom is 0.264 e. The van der Waals surface area contributed by atoms with Gasteiger partial charge in [0.1, 0.15) is 10.7 Å². The van der Waals surface area contributed by atoms with Crippen LogP contribution in [0.1, 0.15) is 18.1 Å². The predicted molar refractivity (Wildman–Crippen MR) is 80.9 cm³/mol. The second-order valence-electron chi connectivity index (χ2n) is 4.59. The number of sulfonamides is 1. The quantitative estimate of drug-likeness (QED) is 0.892. The Hall–Kier alpha value is -1.92. The second-order valence-corrected chi connectivity index (χ2v) is 6.24. The molecule has 0 amide bonds. The van der Waals surface area contributed by atoms with E-state index in [1.807, 2.05) is 19.1 Å². The van der Waals surface area contributed by atoms with Gasteiger partial charge in [-0.05, 0) is 35.7 Å². The summed E-state index contributed by atoms with van der Waals surface area (Å²) >= 11 is 0. The molecule has 0 aliphatic carbocycles. The van der Waals surface area contributed by atoms with Crippen LogP contribution in [0.2, 0.25) is 0 Å². The molecule has 0 aliphatic heterocycles. The Balaban J connectivity index is 2.39. The fourth-order valence-corrected chi connectivity index (χ4v) is 3.18. The minimum atomic E-state index is -3.97. The molecule has 0 spiro atoms. The molecule has 0 saturated carbocycles. The zero-order chi connectivity index (χ0) is 15.5. The Labute approximate surface area is 123 Å². The van der Waals surface area contributed by atoms with Crippen LogP contribution in [0.4, 0.5) is 10.1 Å². The molecule has 0 aromatic heterocycles. The Kier molecular flexibility index (Phi) is 4.59. The van der Waals surface area contributed by atoms with Crippen molar-refractivity contribution in [2.75, 3.05) is 4.72 Å². The lowest BCUT2D eigenvalue weighted by Gasteiger charge is -2.12. The van der Waals surface area contributed by atoms with Gasteiger partial charge in [0.25, 0.3) is 10.0 Å². The van der Waals surface area contributed by atoms with Gasteiger partial charge in [-0.3, -0.25) is 4.72 Å². The van der Waals surface area contributed by atoms with E-state index in [2.05, 4.69) is 4.72 Å². The maximum atomic E-state index is 13.9. The van der Waals surface area contributed by atoms with Crippen LogP contribution < -0.4 is 10.5 Å². The lowest BCUT2D eigenvalue weighted by atomic mass is 10.1. The standard InChI is InChI=1S/C15H17FN2O2S/c1-2-12-5-3-4-6-14(12)18-21(19,20)15-8-7-11(10-17)9-13(15)16/h3-9,18H,2,10,17H2,1H3. The highest BCUT2D eigenvalue weighted by atomic mass is 32.2. The molecular weight excluding hydrogens is 291 g/mol. The topological polar surface area (TPSA) is 72.2 Å². The van der Waals surface area contributed by atoms with Crippen LogP contribution in [-0.2, 0) is 23.0 Å². The molecule has 0 heterocycles. The van der Waals surface area contributed by atoms with E-state index in [1.54, 1.807) is 12.1 Å². The van der Waals surface area contributed by atoms with E-state index in [0.717, 1.165) is 11.6 Å². The van der Waals surface area contributed by atoms with Gasteiger partial charge in [-0.25, -0.2) is 12.8 Å². The smallest absolute Gasteiger partial charge is 0.264 e. The van der Waals surface area contributed by atoms with Crippen molar-refractivity contribution < 1.29 is 12.8 Å². The second kappa shape index (κ2) is 6.24. The summed E-state index contributed by atoms with van der Waals surface area (Å²) in [6.07, 6.45) is 0.674. The fourth-order valence-electron chi connectivity index (χ4n) is 2.02. The maximum absolute atomic E-state index is 13.9. The van der Waals surface area contributed by atoms with Gasteiger partial charge in [0.05, 0.1) is 5.69 Å². The third-order valence-corrected chi connectivity index (χ3v) is 4.56. The number of nitrogens with two attached hydrogens (primary N) is 1. The van der Waals surface area contributed by atoms with Crippen molar-refractivity contribution in [3.05, 3.63) is 59.4 Å². The van der Waals surface area contributed by atoms with Crippen molar-refractivity contribution >= 4 is 15.7 Å². The molecule has 21 heavy (non-hydrogen) atoms. The number of para-hydroxylation sites is 1. The number of benzene rings is 2. The van der Waals surface area contributed by atoms with E-state index in [1.165, 1.54) is 12.1 Å². The third-order valence-electron chi connectivity index (χ3n) is 3.16. The summed E-state index contributed by atoms with van der Waals surface area (Å²) in [6.45, 7) is 2.08. The van der Waals surface area contributed by atoms with E-state index in [-0.39, 0.29) is 11.4 Å². The molecule has 2 aromatic rings. The average Bonchev–Trinajstić information content (AvgIpc) is 2.47. The van der Waals surface area contributed by atoms with Crippen LogP contribution in [-0.4, -0.2) is 8.42 Å². The normalized spacial score (nSPS) is 11.4. The summed E-state index contributed by atoms with van der Waals surface area (Å²) in [5.74, 6) is -0.806. The third kappa shape index (κ3) is 3.40. The van der Waals surface area contributed by atoms with Crippen LogP contribution >= 0.6 is 0 Å².